The van der Waals surface area contributed by atoms with Gasteiger partial charge >= 0.3 is 0 Å². The molecule has 2 unspecified atom stereocenters. The maximum absolute atomic E-state index is 3.73. The van der Waals surface area contributed by atoms with Gasteiger partial charge in [0.2, 0.25) is 0 Å². The molecule has 1 saturated carbocycles. The van der Waals surface area contributed by atoms with Crippen LogP contribution in [0, 0.1) is 11.8 Å². The lowest BCUT2D eigenvalue weighted by Crippen LogP contribution is -2.36. The maximum Gasteiger partial charge on any atom is 0.00952 e. The van der Waals surface area contributed by atoms with Crippen molar-refractivity contribution in [2.24, 2.45) is 11.8 Å². The minimum atomic E-state index is 0.767. The zero-order valence-corrected chi connectivity index (χ0v) is 12.3. The normalized spacial score (nSPS) is 22.1. The summed E-state index contributed by atoms with van der Waals surface area (Å²) < 4.78 is 0. The van der Waals surface area contributed by atoms with Crippen molar-refractivity contribution in [3.8, 4) is 0 Å². The first kappa shape index (κ1) is 15.0. The van der Waals surface area contributed by atoms with E-state index in [1.807, 2.05) is 0 Å². The highest BCUT2D eigenvalue weighted by Crippen LogP contribution is 2.28. The summed E-state index contributed by atoms with van der Waals surface area (Å²) in [7, 11) is 0. The van der Waals surface area contributed by atoms with Crippen molar-refractivity contribution in [3.05, 3.63) is 0 Å². The van der Waals surface area contributed by atoms with Crippen LogP contribution in [0.3, 0.4) is 0 Å². The monoisotopic (exact) mass is 239 g/mol. The highest BCUT2D eigenvalue weighted by atomic mass is 14.9. The minimum absolute atomic E-state index is 0.767. The van der Waals surface area contributed by atoms with Gasteiger partial charge in [-0.25, -0.2) is 0 Å². The van der Waals surface area contributed by atoms with Crippen LogP contribution in [0.25, 0.3) is 0 Å². The number of hydrogen-bond acceptors (Lipinski definition) is 1. The predicted octanol–water partition coefficient (Wildman–Crippen LogP) is 4.76. The summed E-state index contributed by atoms with van der Waals surface area (Å²) in [5.74, 6) is 1.85. The van der Waals surface area contributed by atoms with Gasteiger partial charge in [-0.15, -0.1) is 0 Å². The van der Waals surface area contributed by atoms with E-state index in [1.165, 1.54) is 57.8 Å². The molecule has 0 heterocycles. The fraction of sp³-hybridized carbons (Fsp3) is 1.00. The van der Waals surface area contributed by atoms with Crippen molar-refractivity contribution < 1.29 is 0 Å². The Hall–Kier alpha value is -0.0400. The van der Waals surface area contributed by atoms with Crippen LogP contribution in [0.5, 0.6) is 0 Å². The highest BCUT2D eigenvalue weighted by Gasteiger charge is 2.21. The molecule has 0 aliphatic heterocycles. The molecule has 17 heavy (non-hydrogen) atoms. The van der Waals surface area contributed by atoms with Crippen LogP contribution in [0.2, 0.25) is 0 Å². The van der Waals surface area contributed by atoms with Crippen LogP contribution in [-0.2, 0) is 0 Å². The van der Waals surface area contributed by atoms with E-state index in [-0.39, 0.29) is 0 Å². The molecule has 1 N–H and O–H groups in total. The second kappa shape index (κ2) is 8.97. The van der Waals surface area contributed by atoms with E-state index in [2.05, 4.69) is 26.1 Å². The third kappa shape index (κ3) is 5.90. The predicted molar refractivity (Wildman–Crippen MR) is 77.3 cm³/mol. The summed E-state index contributed by atoms with van der Waals surface area (Å²) in [5, 5.41) is 3.73. The lowest BCUT2D eigenvalue weighted by molar-refractivity contribution is 0.280. The molecular formula is C16H33N. The summed E-state index contributed by atoms with van der Waals surface area (Å²) in [5.41, 5.74) is 0. The van der Waals surface area contributed by atoms with Gasteiger partial charge < -0.3 is 5.32 Å². The van der Waals surface area contributed by atoms with Crippen LogP contribution >= 0.6 is 0 Å². The molecule has 0 amide bonds. The quantitative estimate of drug-likeness (QED) is 0.632. The standard InChI is InChI=1S/C16H33N/c1-4-10-14(3)16(17-5-2)13-15-11-8-6-7-9-12-15/h14-17H,4-13H2,1-3H3. The Kier molecular flexibility index (Phi) is 7.92. The first-order valence-corrected chi connectivity index (χ1v) is 8.01. The van der Waals surface area contributed by atoms with Crippen LogP contribution in [0.4, 0.5) is 0 Å². The minimum Gasteiger partial charge on any atom is -0.314 e. The van der Waals surface area contributed by atoms with E-state index in [9.17, 15) is 0 Å². The molecule has 0 aromatic carbocycles. The van der Waals surface area contributed by atoms with E-state index in [1.54, 1.807) is 0 Å². The molecular weight excluding hydrogens is 206 g/mol. The Morgan fingerprint density at radius 1 is 1.06 bits per heavy atom. The Bertz CT molecular complexity index is 170. The lowest BCUT2D eigenvalue weighted by atomic mass is 9.85. The molecule has 1 rings (SSSR count). The summed E-state index contributed by atoms with van der Waals surface area (Å²) >= 11 is 0. The largest absolute Gasteiger partial charge is 0.314 e. The molecule has 0 bridgehead atoms. The second-order valence-corrected chi connectivity index (χ2v) is 6.02. The molecule has 0 aromatic rings. The third-order valence-corrected chi connectivity index (χ3v) is 4.46. The van der Waals surface area contributed by atoms with Crippen LogP contribution in [0.15, 0.2) is 0 Å². The molecule has 0 saturated heterocycles. The summed E-state index contributed by atoms with van der Waals surface area (Å²) in [4.78, 5) is 0. The number of nitrogens with one attached hydrogen (secondary N) is 1. The van der Waals surface area contributed by atoms with Gasteiger partial charge in [0.1, 0.15) is 0 Å². The van der Waals surface area contributed by atoms with Crippen LogP contribution in [0.1, 0.15) is 78.6 Å². The van der Waals surface area contributed by atoms with Crippen LogP contribution in [-0.4, -0.2) is 12.6 Å². The fourth-order valence-electron chi connectivity index (χ4n) is 3.39. The number of rotatable bonds is 7. The van der Waals surface area contributed by atoms with Crippen molar-refractivity contribution in [2.75, 3.05) is 6.54 Å². The van der Waals surface area contributed by atoms with Gasteiger partial charge in [-0.05, 0) is 31.2 Å². The lowest BCUT2D eigenvalue weighted by Gasteiger charge is -2.28. The molecule has 1 nitrogen and oxygen atoms in total. The van der Waals surface area contributed by atoms with Crippen molar-refractivity contribution >= 4 is 0 Å². The van der Waals surface area contributed by atoms with Crippen molar-refractivity contribution in [1.82, 2.24) is 5.32 Å². The summed E-state index contributed by atoms with van der Waals surface area (Å²) in [6.45, 7) is 8.13. The van der Waals surface area contributed by atoms with Gasteiger partial charge in [0, 0.05) is 6.04 Å². The summed E-state index contributed by atoms with van der Waals surface area (Å²) in [6.07, 6.45) is 13.0. The van der Waals surface area contributed by atoms with Gasteiger partial charge in [0.15, 0.2) is 0 Å². The molecule has 0 radical (unpaired) electrons. The average molecular weight is 239 g/mol. The maximum atomic E-state index is 3.73. The fourth-order valence-corrected chi connectivity index (χ4v) is 3.39. The Morgan fingerprint density at radius 3 is 2.24 bits per heavy atom. The molecule has 0 aromatic heterocycles. The van der Waals surface area contributed by atoms with E-state index in [0.717, 1.165) is 24.4 Å². The Balaban J connectivity index is 2.40. The van der Waals surface area contributed by atoms with E-state index >= 15 is 0 Å². The van der Waals surface area contributed by atoms with Gasteiger partial charge in [0.05, 0.1) is 0 Å². The van der Waals surface area contributed by atoms with Crippen molar-refractivity contribution in [1.29, 1.82) is 0 Å². The molecule has 2 atom stereocenters. The zero-order chi connectivity index (χ0) is 12.5. The molecule has 102 valence electrons. The van der Waals surface area contributed by atoms with Gasteiger partial charge in [-0.1, -0.05) is 65.7 Å². The first-order valence-electron chi connectivity index (χ1n) is 8.01. The molecule has 1 fully saturated rings. The topological polar surface area (TPSA) is 12.0 Å². The van der Waals surface area contributed by atoms with Crippen molar-refractivity contribution in [3.63, 3.8) is 0 Å². The van der Waals surface area contributed by atoms with E-state index in [0.29, 0.717) is 0 Å². The first-order chi connectivity index (χ1) is 8.27. The SMILES string of the molecule is CCCC(C)C(CC1CCCCCC1)NCC. The number of hydrogen-bond donors (Lipinski definition) is 1. The molecule has 1 heteroatoms. The molecule has 1 aliphatic carbocycles. The van der Waals surface area contributed by atoms with Gasteiger partial charge in [0.25, 0.3) is 0 Å². The highest BCUT2D eigenvalue weighted by molar-refractivity contribution is 4.77. The summed E-state index contributed by atoms with van der Waals surface area (Å²) in [6, 6.07) is 0.767. The molecule has 1 aliphatic rings. The third-order valence-electron chi connectivity index (χ3n) is 4.46. The van der Waals surface area contributed by atoms with Gasteiger partial charge in [-0.3, -0.25) is 0 Å². The second-order valence-electron chi connectivity index (χ2n) is 6.02. The van der Waals surface area contributed by atoms with E-state index < -0.39 is 0 Å². The van der Waals surface area contributed by atoms with Gasteiger partial charge in [-0.2, -0.15) is 0 Å². The molecule has 0 spiro atoms. The smallest absolute Gasteiger partial charge is 0.00952 e. The average Bonchev–Trinajstić information content (AvgIpc) is 2.57. The zero-order valence-electron chi connectivity index (χ0n) is 12.3. The Morgan fingerprint density at radius 2 is 1.71 bits per heavy atom. The van der Waals surface area contributed by atoms with E-state index in [4.69, 9.17) is 0 Å². The van der Waals surface area contributed by atoms with Crippen LogP contribution < -0.4 is 5.32 Å². The van der Waals surface area contributed by atoms with Crippen molar-refractivity contribution in [2.45, 2.75) is 84.6 Å². The Labute approximate surface area is 109 Å².